The molecule has 3 aromatic rings. The molecule has 0 aliphatic heterocycles. The molecule has 0 fully saturated rings. The predicted molar refractivity (Wildman–Crippen MR) is 91.5 cm³/mol. The summed E-state index contributed by atoms with van der Waals surface area (Å²) < 4.78 is 1.26. The highest BCUT2D eigenvalue weighted by Gasteiger charge is 2.17. The molecule has 0 aliphatic carbocycles. The molecule has 7 heteroatoms. The summed E-state index contributed by atoms with van der Waals surface area (Å²) >= 11 is 6.64. The number of benzene rings is 1. The van der Waals surface area contributed by atoms with Crippen LogP contribution in [0.5, 0.6) is 0 Å². The van der Waals surface area contributed by atoms with Gasteiger partial charge in [0.05, 0.1) is 5.39 Å². The van der Waals surface area contributed by atoms with Crippen LogP contribution in [0.15, 0.2) is 35.1 Å². The summed E-state index contributed by atoms with van der Waals surface area (Å²) in [5.41, 5.74) is 3.97. The van der Waals surface area contributed by atoms with Gasteiger partial charge in [0, 0.05) is 17.4 Å². The molecule has 0 unspecified atom stereocenters. The summed E-state index contributed by atoms with van der Waals surface area (Å²) in [5.74, 6) is -0.353. The number of hydrogen-bond donors (Lipinski definition) is 2. The van der Waals surface area contributed by atoms with Crippen molar-refractivity contribution in [2.24, 2.45) is 0 Å². The molecule has 0 saturated heterocycles. The van der Waals surface area contributed by atoms with Crippen LogP contribution in [-0.4, -0.2) is 15.6 Å². The van der Waals surface area contributed by atoms with E-state index >= 15 is 0 Å². The van der Waals surface area contributed by atoms with Crippen molar-refractivity contribution in [3.8, 4) is 11.1 Å². The van der Waals surface area contributed by atoms with E-state index in [4.69, 9.17) is 12.2 Å². The molecule has 2 N–H and O–H groups in total. The average Bonchev–Trinajstić information content (AvgIpc) is 2.80. The molecular weight excluding hydrogens is 318 g/mol. The molecule has 2 heterocycles. The van der Waals surface area contributed by atoms with Gasteiger partial charge >= 0.3 is 0 Å². The van der Waals surface area contributed by atoms with Gasteiger partial charge in [-0.25, -0.2) is 0 Å². The molecule has 1 aromatic carbocycles. The number of aryl methyl sites for hydroxylation is 1. The van der Waals surface area contributed by atoms with Crippen LogP contribution >= 0.6 is 23.6 Å². The number of rotatable bonds is 2. The largest absolute Gasteiger partial charge is 0.322 e. The van der Waals surface area contributed by atoms with Gasteiger partial charge in [-0.1, -0.05) is 30.3 Å². The third-order valence-electron chi connectivity index (χ3n) is 3.26. The Morgan fingerprint density at radius 1 is 1.32 bits per heavy atom. The lowest BCUT2D eigenvalue weighted by molar-refractivity contribution is -0.115. The van der Waals surface area contributed by atoms with E-state index in [9.17, 15) is 9.59 Å². The minimum Gasteiger partial charge on any atom is -0.322 e. The molecule has 3 rings (SSSR count). The number of carbonyl (C=O) groups excluding carboxylic acids is 1. The van der Waals surface area contributed by atoms with Gasteiger partial charge in [-0.15, -0.1) is 11.3 Å². The number of carbonyl (C=O) groups is 1. The molecule has 112 valence electrons. The fourth-order valence-corrected chi connectivity index (χ4v) is 3.77. The van der Waals surface area contributed by atoms with E-state index in [0.717, 1.165) is 20.7 Å². The predicted octanol–water partition coefficient (Wildman–Crippen LogP) is 3.19. The molecule has 0 aliphatic rings. The Labute approximate surface area is 135 Å². The minimum absolute atomic E-state index is 0.175. The number of aromatic nitrogens is 2. The molecule has 1 amide bonds. The van der Waals surface area contributed by atoms with Crippen molar-refractivity contribution in [2.45, 2.75) is 13.8 Å². The fourth-order valence-electron chi connectivity index (χ4n) is 2.41. The van der Waals surface area contributed by atoms with Gasteiger partial charge in [0.15, 0.2) is 0 Å². The molecule has 0 radical (unpaired) electrons. The van der Waals surface area contributed by atoms with Crippen molar-refractivity contribution in [1.29, 1.82) is 0 Å². The van der Waals surface area contributed by atoms with E-state index in [2.05, 4.69) is 10.4 Å². The normalized spacial score (nSPS) is 10.8. The van der Waals surface area contributed by atoms with Crippen LogP contribution in [0.4, 0.5) is 0 Å². The van der Waals surface area contributed by atoms with Crippen molar-refractivity contribution in [1.82, 2.24) is 9.66 Å². The summed E-state index contributed by atoms with van der Waals surface area (Å²) in [6, 6.07) is 9.69. The number of nitrogens with one attached hydrogen (secondary N) is 2. The second kappa shape index (κ2) is 5.51. The topological polar surface area (TPSA) is 66.9 Å². The zero-order valence-corrected chi connectivity index (χ0v) is 13.6. The second-order valence-corrected chi connectivity index (χ2v) is 6.45. The van der Waals surface area contributed by atoms with Crippen LogP contribution in [0.3, 0.4) is 0 Å². The molecule has 0 bridgehead atoms. The Bertz CT molecular complexity index is 984. The maximum absolute atomic E-state index is 12.8. The Balaban J connectivity index is 2.40. The number of hydrogen-bond acceptors (Lipinski definition) is 4. The van der Waals surface area contributed by atoms with Crippen LogP contribution in [0, 0.1) is 11.7 Å². The van der Waals surface area contributed by atoms with Crippen molar-refractivity contribution in [2.75, 3.05) is 5.43 Å². The quantitative estimate of drug-likeness (QED) is 0.709. The number of thiophene rings is 1. The zero-order valence-electron chi connectivity index (χ0n) is 12.0. The molecule has 5 nitrogen and oxygen atoms in total. The summed E-state index contributed by atoms with van der Waals surface area (Å²) in [5, 5.41) is 0.538. The second-order valence-electron chi connectivity index (χ2n) is 4.84. The Hall–Kier alpha value is -2.25. The lowest BCUT2D eigenvalue weighted by Gasteiger charge is -2.07. The van der Waals surface area contributed by atoms with Gasteiger partial charge < -0.3 is 4.98 Å². The summed E-state index contributed by atoms with van der Waals surface area (Å²) in [6.45, 7) is 3.30. The van der Waals surface area contributed by atoms with Gasteiger partial charge in [0.1, 0.15) is 4.83 Å². The van der Waals surface area contributed by atoms with Gasteiger partial charge in [0.25, 0.3) is 5.56 Å². The van der Waals surface area contributed by atoms with Crippen LogP contribution in [-0.2, 0) is 4.79 Å². The maximum Gasteiger partial charge on any atom is 0.282 e. The van der Waals surface area contributed by atoms with Crippen LogP contribution in [0.25, 0.3) is 21.3 Å². The number of nitrogens with zero attached hydrogens (tertiary/aromatic N) is 1. The van der Waals surface area contributed by atoms with Crippen molar-refractivity contribution in [3.63, 3.8) is 0 Å². The lowest BCUT2D eigenvalue weighted by atomic mass is 10.0. The van der Waals surface area contributed by atoms with Gasteiger partial charge in [0.2, 0.25) is 10.7 Å². The first-order chi connectivity index (χ1) is 10.5. The van der Waals surface area contributed by atoms with E-state index in [1.54, 1.807) is 0 Å². The lowest BCUT2D eigenvalue weighted by Crippen LogP contribution is -2.33. The number of fused-ring (bicyclic) bond motifs is 1. The van der Waals surface area contributed by atoms with E-state index in [1.807, 2.05) is 37.3 Å². The van der Waals surface area contributed by atoms with Crippen molar-refractivity contribution < 1.29 is 4.79 Å². The highest BCUT2D eigenvalue weighted by molar-refractivity contribution is 7.71. The smallest absolute Gasteiger partial charge is 0.282 e. The third-order valence-corrected chi connectivity index (χ3v) is 4.56. The first-order valence-corrected chi connectivity index (χ1v) is 7.83. The van der Waals surface area contributed by atoms with E-state index < -0.39 is 0 Å². The minimum atomic E-state index is -0.353. The van der Waals surface area contributed by atoms with Gasteiger partial charge in [-0.2, -0.15) is 4.68 Å². The van der Waals surface area contributed by atoms with Crippen molar-refractivity contribution >= 4 is 39.7 Å². The van der Waals surface area contributed by atoms with Crippen molar-refractivity contribution in [3.05, 3.63) is 50.3 Å². The highest BCUT2D eigenvalue weighted by atomic mass is 32.1. The standard InChI is InChI=1S/C15H13N3O2S2/c1-8-11(10-6-4-3-5-7-10)12-13(22-8)16-15(21)18(14(12)20)17-9(2)19/h3-7H,1-2H3,(H,16,21)(H,17,19). The number of H-pyrrole nitrogens is 1. The molecule has 0 saturated carbocycles. The van der Waals surface area contributed by atoms with Crippen LogP contribution in [0.1, 0.15) is 11.8 Å². The van der Waals surface area contributed by atoms with Gasteiger partial charge in [-0.05, 0) is 24.7 Å². The summed E-state index contributed by atoms with van der Waals surface area (Å²) in [7, 11) is 0. The Morgan fingerprint density at radius 2 is 2.00 bits per heavy atom. The summed E-state index contributed by atoms with van der Waals surface area (Å²) in [6.07, 6.45) is 0. The fraction of sp³-hybridized carbons (Fsp3) is 0.133. The van der Waals surface area contributed by atoms with Crippen LogP contribution < -0.4 is 11.0 Å². The number of amides is 1. The monoisotopic (exact) mass is 331 g/mol. The SMILES string of the molecule is CC(=O)Nn1c(=S)[nH]c2sc(C)c(-c3ccccc3)c2c1=O. The van der Waals surface area contributed by atoms with E-state index in [1.165, 1.54) is 18.3 Å². The number of aromatic amines is 1. The first-order valence-electron chi connectivity index (χ1n) is 6.60. The Morgan fingerprint density at radius 3 is 2.64 bits per heavy atom. The zero-order chi connectivity index (χ0) is 15.9. The highest BCUT2D eigenvalue weighted by Crippen LogP contribution is 2.35. The average molecular weight is 331 g/mol. The third kappa shape index (κ3) is 2.38. The maximum atomic E-state index is 12.8. The first kappa shape index (κ1) is 14.7. The van der Waals surface area contributed by atoms with Crippen LogP contribution in [0.2, 0.25) is 0 Å². The van der Waals surface area contributed by atoms with E-state index in [0.29, 0.717) is 10.2 Å². The molecule has 22 heavy (non-hydrogen) atoms. The molecule has 0 atom stereocenters. The van der Waals surface area contributed by atoms with E-state index in [-0.39, 0.29) is 16.2 Å². The van der Waals surface area contributed by atoms with Gasteiger partial charge in [-0.3, -0.25) is 15.0 Å². The molecule has 2 aromatic heterocycles. The molecule has 0 spiro atoms. The summed E-state index contributed by atoms with van der Waals surface area (Å²) in [4.78, 5) is 28.8. The Kier molecular flexibility index (Phi) is 3.67. The molecular formula is C15H13N3O2S2.